The van der Waals surface area contributed by atoms with Gasteiger partial charge in [0.05, 0.1) is 11.7 Å². The maximum atomic E-state index is 11.0. The quantitative estimate of drug-likeness (QED) is 0.616. The minimum atomic E-state index is -1.23. The zero-order valence-corrected chi connectivity index (χ0v) is 9.57. The van der Waals surface area contributed by atoms with E-state index in [4.69, 9.17) is 4.74 Å². The lowest BCUT2D eigenvalue weighted by molar-refractivity contribution is -0.255. The molecule has 1 rings (SSSR count). The number of ether oxygens (including phenoxy) is 1. The Kier molecular flexibility index (Phi) is 4.37. The lowest BCUT2D eigenvalue weighted by atomic mass is 10.1. The number of carboxylic acids is 1. The van der Waals surface area contributed by atoms with Crippen LogP contribution in [0.3, 0.4) is 0 Å². The van der Waals surface area contributed by atoms with E-state index in [-0.39, 0.29) is 11.3 Å². The van der Waals surface area contributed by atoms with E-state index < -0.39 is 18.0 Å². The largest absolute Gasteiger partial charge is 0.545 e. The fourth-order valence-electron chi connectivity index (χ4n) is 1.19. The molecule has 16 heavy (non-hydrogen) atoms. The van der Waals surface area contributed by atoms with Crippen molar-refractivity contribution in [2.24, 2.45) is 0 Å². The summed E-state index contributed by atoms with van der Waals surface area (Å²) in [6.45, 7) is 1.70. The van der Waals surface area contributed by atoms with Gasteiger partial charge in [0, 0.05) is 0 Å². The van der Waals surface area contributed by atoms with E-state index in [1.807, 2.05) is 0 Å². The molecule has 1 atom stereocenters. The van der Waals surface area contributed by atoms with Crippen LogP contribution in [0.15, 0.2) is 24.3 Å². The molecule has 0 spiro atoms. The lowest BCUT2D eigenvalue weighted by Crippen LogP contribution is -2.22. The first-order chi connectivity index (χ1) is 7.54. The number of aromatic carboxylic acids is 1. The number of thiol groups is 1. The number of rotatable bonds is 4. The van der Waals surface area contributed by atoms with Gasteiger partial charge < -0.3 is 14.6 Å². The SMILES string of the molecule is CC(OC(=O)CS)c1ccc(C(=O)[O-])cc1. The molecule has 4 nitrogen and oxygen atoms in total. The monoisotopic (exact) mass is 239 g/mol. The third-order valence-electron chi connectivity index (χ3n) is 2.05. The van der Waals surface area contributed by atoms with Crippen LogP contribution in [-0.4, -0.2) is 17.7 Å². The van der Waals surface area contributed by atoms with Crippen molar-refractivity contribution >= 4 is 24.6 Å². The van der Waals surface area contributed by atoms with Crippen LogP contribution in [0.25, 0.3) is 0 Å². The van der Waals surface area contributed by atoms with Gasteiger partial charge in [-0.25, -0.2) is 0 Å². The van der Waals surface area contributed by atoms with Gasteiger partial charge in [0.1, 0.15) is 6.10 Å². The maximum Gasteiger partial charge on any atom is 0.316 e. The van der Waals surface area contributed by atoms with Gasteiger partial charge in [0.25, 0.3) is 0 Å². The summed E-state index contributed by atoms with van der Waals surface area (Å²) in [5.74, 6) is -1.63. The second-order valence-corrected chi connectivity index (χ2v) is 3.52. The Hall–Kier alpha value is -1.49. The third kappa shape index (κ3) is 3.27. The molecule has 0 aliphatic carbocycles. The molecule has 86 valence electrons. The van der Waals surface area contributed by atoms with Crippen LogP contribution in [0.5, 0.6) is 0 Å². The third-order valence-corrected chi connectivity index (χ3v) is 2.31. The van der Waals surface area contributed by atoms with Crippen molar-refractivity contribution in [3.05, 3.63) is 35.4 Å². The number of carbonyl (C=O) groups is 2. The van der Waals surface area contributed by atoms with Crippen LogP contribution in [-0.2, 0) is 9.53 Å². The van der Waals surface area contributed by atoms with Gasteiger partial charge in [-0.05, 0) is 18.1 Å². The van der Waals surface area contributed by atoms with Crippen LogP contribution in [0.4, 0.5) is 0 Å². The second kappa shape index (κ2) is 5.55. The Balaban J connectivity index is 2.73. The Morgan fingerprint density at radius 1 is 1.38 bits per heavy atom. The number of carboxylic acid groups (broad SMARTS) is 1. The van der Waals surface area contributed by atoms with Crippen molar-refractivity contribution in [3.63, 3.8) is 0 Å². The molecule has 0 radical (unpaired) electrons. The van der Waals surface area contributed by atoms with E-state index in [0.29, 0.717) is 0 Å². The normalized spacial score (nSPS) is 11.9. The molecule has 0 heterocycles. The topological polar surface area (TPSA) is 66.4 Å². The molecule has 0 amide bonds. The molecule has 0 aliphatic rings. The van der Waals surface area contributed by atoms with E-state index in [1.54, 1.807) is 19.1 Å². The first kappa shape index (κ1) is 12.6. The van der Waals surface area contributed by atoms with Crippen LogP contribution in [0.2, 0.25) is 0 Å². The maximum absolute atomic E-state index is 11.0. The summed E-state index contributed by atoms with van der Waals surface area (Å²) in [6, 6.07) is 5.99. The van der Waals surface area contributed by atoms with E-state index in [1.165, 1.54) is 12.1 Å². The fourth-order valence-corrected chi connectivity index (χ4v) is 1.27. The van der Waals surface area contributed by atoms with Gasteiger partial charge in [-0.15, -0.1) is 0 Å². The van der Waals surface area contributed by atoms with Crippen LogP contribution >= 0.6 is 12.6 Å². The number of hydrogen-bond acceptors (Lipinski definition) is 5. The summed E-state index contributed by atoms with van der Waals surface area (Å²) in [7, 11) is 0. The molecule has 1 aromatic carbocycles. The summed E-state index contributed by atoms with van der Waals surface area (Å²) in [5.41, 5.74) is 0.816. The summed E-state index contributed by atoms with van der Waals surface area (Å²) in [6.07, 6.45) is -0.421. The molecule has 5 heteroatoms. The zero-order valence-electron chi connectivity index (χ0n) is 8.67. The molecule has 0 N–H and O–H groups in total. The van der Waals surface area contributed by atoms with Gasteiger partial charge in [-0.3, -0.25) is 4.79 Å². The molecule has 1 unspecified atom stereocenters. The van der Waals surface area contributed by atoms with Crippen molar-refractivity contribution < 1.29 is 19.4 Å². The Morgan fingerprint density at radius 3 is 2.38 bits per heavy atom. The van der Waals surface area contributed by atoms with E-state index >= 15 is 0 Å². The van der Waals surface area contributed by atoms with Gasteiger partial charge in [-0.2, -0.15) is 12.6 Å². The van der Waals surface area contributed by atoms with Gasteiger partial charge in [-0.1, -0.05) is 24.3 Å². The number of esters is 1. The summed E-state index contributed by atoms with van der Waals surface area (Å²) in [4.78, 5) is 21.5. The average molecular weight is 239 g/mol. The predicted molar refractivity (Wildman–Crippen MR) is 59.1 cm³/mol. The van der Waals surface area contributed by atoms with E-state index in [2.05, 4.69) is 12.6 Å². The highest BCUT2D eigenvalue weighted by Gasteiger charge is 2.10. The van der Waals surface area contributed by atoms with Crippen molar-refractivity contribution in [2.45, 2.75) is 13.0 Å². The van der Waals surface area contributed by atoms with Crippen molar-refractivity contribution in [3.8, 4) is 0 Å². The van der Waals surface area contributed by atoms with Crippen molar-refractivity contribution in [1.29, 1.82) is 0 Å². The Morgan fingerprint density at radius 2 is 1.94 bits per heavy atom. The highest BCUT2D eigenvalue weighted by atomic mass is 32.1. The Bertz CT molecular complexity index is 385. The van der Waals surface area contributed by atoms with E-state index in [0.717, 1.165) is 5.56 Å². The Labute approximate surface area is 98.6 Å². The molecule has 0 fully saturated rings. The minimum absolute atomic E-state index is 0.0153. The van der Waals surface area contributed by atoms with Gasteiger partial charge in [0.2, 0.25) is 0 Å². The van der Waals surface area contributed by atoms with Crippen molar-refractivity contribution in [1.82, 2.24) is 0 Å². The smallest absolute Gasteiger partial charge is 0.316 e. The summed E-state index contributed by atoms with van der Waals surface area (Å²) < 4.78 is 5.01. The second-order valence-electron chi connectivity index (χ2n) is 3.20. The molecule has 0 aliphatic heterocycles. The fraction of sp³-hybridized carbons (Fsp3) is 0.273. The zero-order chi connectivity index (χ0) is 12.1. The summed E-state index contributed by atoms with van der Waals surface area (Å²) >= 11 is 3.79. The highest BCUT2D eigenvalue weighted by molar-refractivity contribution is 7.81. The van der Waals surface area contributed by atoms with Crippen LogP contribution in [0.1, 0.15) is 28.9 Å². The standard InChI is InChI=1S/C11H12O4S/c1-7(15-10(12)6-16)8-2-4-9(5-3-8)11(13)14/h2-5,7,16H,6H2,1H3,(H,13,14)/p-1. The average Bonchev–Trinajstić information content (AvgIpc) is 2.28. The highest BCUT2D eigenvalue weighted by Crippen LogP contribution is 2.17. The first-order valence-corrected chi connectivity index (χ1v) is 5.29. The first-order valence-electron chi connectivity index (χ1n) is 4.66. The molecular weight excluding hydrogens is 228 g/mol. The molecular formula is C11H11O4S-. The number of hydrogen-bond donors (Lipinski definition) is 1. The van der Waals surface area contributed by atoms with E-state index in [9.17, 15) is 14.7 Å². The summed E-state index contributed by atoms with van der Waals surface area (Å²) in [5, 5.41) is 10.5. The number of benzene rings is 1. The molecule has 0 aromatic heterocycles. The molecule has 0 saturated carbocycles. The number of carbonyl (C=O) groups excluding carboxylic acids is 2. The lowest BCUT2D eigenvalue weighted by Gasteiger charge is -2.13. The minimum Gasteiger partial charge on any atom is -0.545 e. The molecule has 1 aromatic rings. The van der Waals surface area contributed by atoms with Crippen LogP contribution < -0.4 is 5.11 Å². The van der Waals surface area contributed by atoms with Gasteiger partial charge >= 0.3 is 5.97 Å². The van der Waals surface area contributed by atoms with Gasteiger partial charge in [0.15, 0.2) is 0 Å². The van der Waals surface area contributed by atoms with Crippen molar-refractivity contribution in [2.75, 3.05) is 5.75 Å². The predicted octanol–water partition coefficient (Wildman–Crippen LogP) is 0.584. The molecule has 0 saturated heterocycles. The van der Waals surface area contributed by atoms with Crippen LogP contribution in [0, 0.1) is 0 Å². The molecule has 0 bridgehead atoms.